The molecular weight excluding hydrogens is 468 g/mol. The molecule has 3 aromatic rings. The second-order valence-electron chi connectivity index (χ2n) is 9.39. The van der Waals surface area contributed by atoms with Gasteiger partial charge in [-0.3, -0.25) is 0 Å². The summed E-state index contributed by atoms with van der Waals surface area (Å²) in [5.41, 5.74) is 4.92. The molecule has 1 fully saturated rings. The highest BCUT2D eigenvalue weighted by Gasteiger charge is 2.29. The van der Waals surface area contributed by atoms with E-state index in [2.05, 4.69) is 44.2 Å². The molecule has 2 aliphatic rings. The number of nitrogens with zero attached hydrogens (tertiary/aromatic N) is 6. The van der Waals surface area contributed by atoms with E-state index in [1.54, 1.807) is 0 Å². The topological polar surface area (TPSA) is 108 Å². The van der Waals surface area contributed by atoms with E-state index in [4.69, 9.17) is 14.7 Å². The van der Waals surface area contributed by atoms with E-state index in [-0.39, 0.29) is 12.1 Å². The van der Waals surface area contributed by atoms with Crippen molar-refractivity contribution in [1.29, 1.82) is 0 Å². The zero-order valence-corrected chi connectivity index (χ0v) is 21.7. The highest BCUT2D eigenvalue weighted by atomic mass is 16.5. The third kappa shape index (κ3) is 5.48. The number of urea groups is 1. The molecule has 1 saturated heterocycles. The van der Waals surface area contributed by atoms with Gasteiger partial charge in [0.05, 0.1) is 31.5 Å². The van der Waals surface area contributed by atoms with E-state index in [9.17, 15) is 4.79 Å². The monoisotopic (exact) mass is 502 g/mol. The SMILES string of the molecule is CCNC(=O)Nc1ccc(-c2nc3c(c(N4CCOCC4C)n2)CCN(c2ncc(CC)cn2)C3)cc1. The maximum atomic E-state index is 11.9. The van der Waals surface area contributed by atoms with Crippen molar-refractivity contribution < 1.29 is 9.53 Å². The van der Waals surface area contributed by atoms with Gasteiger partial charge in [0.15, 0.2) is 5.82 Å². The molecule has 2 N–H and O–H groups in total. The number of aromatic nitrogens is 4. The first-order valence-electron chi connectivity index (χ1n) is 13.0. The van der Waals surface area contributed by atoms with Crippen molar-refractivity contribution in [3.8, 4) is 11.4 Å². The molecule has 0 saturated carbocycles. The van der Waals surface area contributed by atoms with Gasteiger partial charge in [0.25, 0.3) is 0 Å². The lowest BCUT2D eigenvalue weighted by atomic mass is 10.0. The van der Waals surface area contributed by atoms with Gasteiger partial charge in [-0.1, -0.05) is 6.92 Å². The fourth-order valence-corrected chi connectivity index (χ4v) is 4.72. The molecule has 2 aliphatic heterocycles. The number of morpholine rings is 1. The number of benzene rings is 1. The molecule has 1 unspecified atom stereocenters. The standard InChI is InChI=1S/C27H34N8O2/c1-4-19-14-29-26(30-15-19)34-11-10-22-23(16-34)32-24(33-25(22)35-12-13-37-17-18(35)3)20-6-8-21(9-7-20)31-27(36)28-5-2/h6-9,14-15,18H,4-5,10-13,16-17H2,1-3H3,(H2,28,31,36). The minimum atomic E-state index is -0.224. The number of fused-ring (bicyclic) bond motifs is 1. The van der Waals surface area contributed by atoms with Gasteiger partial charge in [-0.05, 0) is 56.5 Å². The lowest BCUT2D eigenvalue weighted by Gasteiger charge is -2.37. The Morgan fingerprint density at radius 1 is 1.11 bits per heavy atom. The Morgan fingerprint density at radius 2 is 1.89 bits per heavy atom. The Balaban J connectivity index is 1.48. The zero-order chi connectivity index (χ0) is 25.8. The molecule has 1 atom stereocenters. The van der Waals surface area contributed by atoms with Crippen LogP contribution in [0.4, 0.5) is 22.2 Å². The maximum absolute atomic E-state index is 11.9. The van der Waals surface area contributed by atoms with Crippen molar-refractivity contribution in [2.75, 3.05) is 48.0 Å². The van der Waals surface area contributed by atoms with E-state index in [1.807, 2.05) is 43.6 Å². The number of ether oxygens (including phenoxy) is 1. The van der Waals surface area contributed by atoms with E-state index in [0.717, 1.165) is 54.5 Å². The second-order valence-corrected chi connectivity index (χ2v) is 9.39. The smallest absolute Gasteiger partial charge is 0.319 e. The van der Waals surface area contributed by atoms with Gasteiger partial charge in [0.2, 0.25) is 5.95 Å². The Kier molecular flexibility index (Phi) is 7.45. The van der Waals surface area contributed by atoms with Crippen LogP contribution >= 0.6 is 0 Å². The molecule has 5 rings (SSSR count). The van der Waals surface area contributed by atoms with Gasteiger partial charge in [-0.25, -0.2) is 24.7 Å². The van der Waals surface area contributed by atoms with Crippen LogP contribution in [0, 0.1) is 0 Å². The largest absolute Gasteiger partial charge is 0.377 e. The number of anilines is 3. The Bertz CT molecular complexity index is 1230. The lowest BCUT2D eigenvalue weighted by molar-refractivity contribution is 0.0984. The molecule has 0 spiro atoms. The van der Waals surface area contributed by atoms with Gasteiger partial charge in [0.1, 0.15) is 5.82 Å². The fraction of sp³-hybridized carbons (Fsp3) is 0.444. The van der Waals surface area contributed by atoms with Crippen molar-refractivity contribution >= 4 is 23.5 Å². The number of carbonyl (C=O) groups excluding carboxylic acids is 1. The molecule has 0 radical (unpaired) electrons. The average molecular weight is 503 g/mol. The number of hydrogen-bond donors (Lipinski definition) is 2. The summed E-state index contributed by atoms with van der Waals surface area (Å²) in [7, 11) is 0. The minimum Gasteiger partial charge on any atom is -0.377 e. The van der Waals surface area contributed by atoms with Gasteiger partial charge < -0.3 is 25.2 Å². The van der Waals surface area contributed by atoms with Crippen molar-refractivity contribution in [1.82, 2.24) is 25.3 Å². The minimum absolute atomic E-state index is 0.224. The summed E-state index contributed by atoms with van der Waals surface area (Å²) in [6.45, 7) is 10.3. The molecule has 2 aromatic heterocycles. The molecule has 0 aliphatic carbocycles. The third-order valence-electron chi connectivity index (χ3n) is 6.80. The molecule has 2 amide bonds. The van der Waals surface area contributed by atoms with Crippen molar-refractivity contribution in [3.63, 3.8) is 0 Å². The van der Waals surface area contributed by atoms with Crippen LogP contribution in [-0.4, -0.2) is 64.9 Å². The van der Waals surface area contributed by atoms with Crippen molar-refractivity contribution in [2.24, 2.45) is 0 Å². The molecule has 37 heavy (non-hydrogen) atoms. The number of hydrogen-bond acceptors (Lipinski definition) is 8. The van der Waals surface area contributed by atoms with Crippen LogP contribution in [0.1, 0.15) is 37.6 Å². The number of carbonyl (C=O) groups is 1. The molecule has 10 nitrogen and oxygen atoms in total. The van der Waals surface area contributed by atoms with Crippen LogP contribution in [0.15, 0.2) is 36.7 Å². The van der Waals surface area contributed by atoms with E-state index in [1.165, 1.54) is 5.56 Å². The maximum Gasteiger partial charge on any atom is 0.319 e. The first kappa shape index (κ1) is 24.9. The van der Waals surface area contributed by atoms with Gasteiger partial charge in [-0.2, -0.15) is 0 Å². The van der Waals surface area contributed by atoms with E-state index in [0.29, 0.717) is 37.8 Å². The molecular formula is C27H34N8O2. The van der Waals surface area contributed by atoms with Gasteiger partial charge in [-0.15, -0.1) is 0 Å². The molecule has 10 heteroatoms. The van der Waals surface area contributed by atoms with E-state index < -0.39 is 0 Å². The highest BCUT2D eigenvalue weighted by Crippen LogP contribution is 2.32. The Morgan fingerprint density at radius 3 is 2.59 bits per heavy atom. The number of aryl methyl sites for hydroxylation is 1. The summed E-state index contributed by atoms with van der Waals surface area (Å²) >= 11 is 0. The first-order chi connectivity index (χ1) is 18.1. The summed E-state index contributed by atoms with van der Waals surface area (Å²) in [6, 6.07) is 7.65. The Labute approximate surface area is 217 Å². The van der Waals surface area contributed by atoms with Crippen LogP contribution in [-0.2, 0) is 24.1 Å². The molecule has 1 aromatic carbocycles. The molecule has 4 heterocycles. The number of nitrogens with one attached hydrogen (secondary N) is 2. The third-order valence-corrected chi connectivity index (χ3v) is 6.80. The number of rotatable bonds is 6. The van der Waals surface area contributed by atoms with Crippen LogP contribution < -0.4 is 20.4 Å². The first-order valence-corrected chi connectivity index (χ1v) is 13.0. The van der Waals surface area contributed by atoms with Crippen LogP contribution in [0.3, 0.4) is 0 Å². The van der Waals surface area contributed by atoms with Crippen LogP contribution in [0.25, 0.3) is 11.4 Å². The second kappa shape index (κ2) is 11.1. The van der Waals surface area contributed by atoms with Gasteiger partial charge >= 0.3 is 6.03 Å². The summed E-state index contributed by atoms with van der Waals surface area (Å²) in [6.07, 6.45) is 5.54. The zero-order valence-electron chi connectivity index (χ0n) is 21.7. The molecule has 0 bridgehead atoms. The highest BCUT2D eigenvalue weighted by molar-refractivity contribution is 5.89. The van der Waals surface area contributed by atoms with Crippen molar-refractivity contribution in [2.45, 2.75) is 46.2 Å². The van der Waals surface area contributed by atoms with Crippen LogP contribution in [0.2, 0.25) is 0 Å². The van der Waals surface area contributed by atoms with Crippen molar-refractivity contribution in [3.05, 3.63) is 53.5 Å². The molecule has 194 valence electrons. The quantitative estimate of drug-likeness (QED) is 0.528. The normalized spacial score (nSPS) is 17.3. The average Bonchev–Trinajstić information content (AvgIpc) is 2.93. The summed E-state index contributed by atoms with van der Waals surface area (Å²) < 4.78 is 5.70. The lowest BCUT2D eigenvalue weighted by Crippen LogP contribution is -2.45. The van der Waals surface area contributed by atoms with Gasteiger partial charge in [0, 0.05) is 48.8 Å². The predicted octanol–water partition coefficient (Wildman–Crippen LogP) is 3.43. The van der Waals surface area contributed by atoms with Crippen LogP contribution in [0.5, 0.6) is 0 Å². The predicted molar refractivity (Wildman–Crippen MR) is 144 cm³/mol. The summed E-state index contributed by atoms with van der Waals surface area (Å²) in [4.78, 5) is 35.7. The van der Waals surface area contributed by atoms with E-state index >= 15 is 0 Å². The number of amides is 2. The fourth-order valence-electron chi connectivity index (χ4n) is 4.72. The Hall–Kier alpha value is -3.79. The summed E-state index contributed by atoms with van der Waals surface area (Å²) in [5.74, 6) is 2.38. The summed E-state index contributed by atoms with van der Waals surface area (Å²) in [5, 5.41) is 5.58.